The van der Waals surface area contributed by atoms with E-state index >= 15 is 0 Å². The molecule has 4 heteroatoms. The van der Waals surface area contributed by atoms with Gasteiger partial charge >= 0.3 is 0 Å². The molecule has 0 aromatic heterocycles. The van der Waals surface area contributed by atoms with Gasteiger partial charge in [0.15, 0.2) is 0 Å². The van der Waals surface area contributed by atoms with E-state index in [0.717, 1.165) is 5.56 Å². The standard InChI is InChI=1S/C10H12ClNO2/c11-7-6-10(13)12-14-8-9-4-2-1-3-5-9/h1-5H,6-8H2,(H,12,13). The maximum absolute atomic E-state index is 10.9. The van der Waals surface area contributed by atoms with Crippen LogP contribution in [0.3, 0.4) is 0 Å². The monoisotopic (exact) mass is 213 g/mol. The van der Waals surface area contributed by atoms with Crippen molar-refractivity contribution in [3.63, 3.8) is 0 Å². The molecule has 0 saturated heterocycles. The zero-order valence-electron chi connectivity index (χ0n) is 7.70. The Hall–Kier alpha value is -1.06. The molecule has 0 radical (unpaired) electrons. The first-order valence-corrected chi connectivity index (χ1v) is 4.87. The van der Waals surface area contributed by atoms with Gasteiger partial charge in [0, 0.05) is 12.3 Å². The summed E-state index contributed by atoms with van der Waals surface area (Å²) in [5, 5.41) is 0. The van der Waals surface area contributed by atoms with E-state index in [1.165, 1.54) is 0 Å². The minimum atomic E-state index is -0.198. The topological polar surface area (TPSA) is 38.3 Å². The smallest absolute Gasteiger partial charge is 0.244 e. The molecule has 0 aliphatic rings. The van der Waals surface area contributed by atoms with Crippen molar-refractivity contribution in [1.29, 1.82) is 0 Å². The van der Waals surface area contributed by atoms with Crippen molar-refractivity contribution in [3.8, 4) is 0 Å². The number of alkyl halides is 1. The molecule has 0 aliphatic carbocycles. The normalized spacial score (nSPS) is 9.79. The number of nitrogens with one attached hydrogen (secondary N) is 1. The van der Waals surface area contributed by atoms with E-state index in [-0.39, 0.29) is 12.3 Å². The maximum atomic E-state index is 10.9. The lowest BCUT2D eigenvalue weighted by atomic mass is 10.2. The molecule has 0 fully saturated rings. The molecule has 1 N–H and O–H groups in total. The van der Waals surface area contributed by atoms with E-state index in [0.29, 0.717) is 12.5 Å². The van der Waals surface area contributed by atoms with Crippen molar-refractivity contribution >= 4 is 17.5 Å². The van der Waals surface area contributed by atoms with Crippen LogP contribution in [-0.2, 0) is 16.2 Å². The summed E-state index contributed by atoms with van der Waals surface area (Å²) in [6.07, 6.45) is 0.274. The summed E-state index contributed by atoms with van der Waals surface area (Å²) < 4.78 is 0. The van der Waals surface area contributed by atoms with Gasteiger partial charge < -0.3 is 0 Å². The molecule has 1 amide bonds. The minimum Gasteiger partial charge on any atom is -0.273 e. The molecule has 1 aromatic carbocycles. The Morgan fingerprint density at radius 2 is 2.07 bits per heavy atom. The predicted molar refractivity (Wildman–Crippen MR) is 54.7 cm³/mol. The number of hydroxylamine groups is 1. The number of hydrogen-bond acceptors (Lipinski definition) is 2. The van der Waals surface area contributed by atoms with Crippen molar-refractivity contribution < 1.29 is 9.63 Å². The van der Waals surface area contributed by atoms with Crippen LogP contribution in [0.1, 0.15) is 12.0 Å². The van der Waals surface area contributed by atoms with Crippen molar-refractivity contribution in [1.82, 2.24) is 5.48 Å². The fourth-order valence-electron chi connectivity index (χ4n) is 0.911. The van der Waals surface area contributed by atoms with Crippen LogP contribution < -0.4 is 5.48 Å². The highest BCUT2D eigenvalue weighted by molar-refractivity contribution is 6.18. The molecule has 3 nitrogen and oxygen atoms in total. The summed E-state index contributed by atoms with van der Waals surface area (Å²) in [7, 11) is 0. The van der Waals surface area contributed by atoms with Crippen molar-refractivity contribution in [2.75, 3.05) is 5.88 Å². The van der Waals surface area contributed by atoms with Crippen LogP contribution in [0.2, 0.25) is 0 Å². The van der Waals surface area contributed by atoms with E-state index in [9.17, 15) is 4.79 Å². The van der Waals surface area contributed by atoms with E-state index in [2.05, 4.69) is 5.48 Å². The van der Waals surface area contributed by atoms with E-state index in [4.69, 9.17) is 16.4 Å². The van der Waals surface area contributed by atoms with Gasteiger partial charge in [0.1, 0.15) is 0 Å². The summed E-state index contributed by atoms with van der Waals surface area (Å²) in [5.74, 6) is 0.108. The van der Waals surface area contributed by atoms with Gasteiger partial charge in [-0.1, -0.05) is 30.3 Å². The highest BCUT2D eigenvalue weighted by Gasteiger charge is 1.98. The molecule has 14 heavy (non-hydrogen) atoms. The van der Waals surface area contributed by atoms with Crippen LogP contribution in [0.5, 0.6) is 0 Å². The Kier molecular flexibility index (Phi) is 5.04. The fourth-order valence-corrected chi connectivity index (χ4v) is 1.08. The first-order chi connectivity index (χ1) is 6.83. The molecule has 0 aliphatic heterocycles. The molecule has 0 unspecified atom stereocenters. The summed E-state index contributed by atoms with van der Waals surface area (Å²) in [4.78, 5) is 15.9. The third-order valence-corrected chi connectivity index (χ3v) is 1.78. The van der Waals surface area contributed by atoms with Gasteiger partial charge in [0.25, 0.3) is 0 Å². The first-order valence-electron chi connectivity index (χ1n) is 4.33. The summed E-state index contributed by atoms with van der Waals surface area (Å²) in [6.45, 7) is 0.370. The number of carbonyl (C=O) groups excluding carboxylic acids is 1. The van der Waals surface area contributed by atoms with Crippen LogP contribution in [0.25, 0.3) is 0 Å². The number of rotatable bonds is 5. The zero-order valence-corrected chi connectivity index (χ0v) is 8.46. The Labute approximate surface area is 88.0 Å². The SMILES string of the molecule is O=C(CCCl)NOCc1ccccc1. The Morgan fingerprint density at radius 3 is 2.71 bits per heavy atom. The van der Waals surface area contributed by atoms with Crippen LogP contribution in [-0.4, -0.2) is 11.8 Å². The quantitative estimate of drug-likeness (QED) is 0.599. The Bertz CT molecular complexity index is 277. The number of hydrogen-bond donors (Lipinski definition) is 1. The molecular formula is C10H12ClNO2. The summed E-state index contributed by atoms with van der Waals surface area (Å²) in [5.41, 5.74) is 3.32. The second-order valence-electron chi connectivity index (χ2n) is 2.74. The highest BCUT2D eigenvalue weighted by atomic mass is 35.5. The largest absolute Gasteiger partial charge is 0.273 e. The van der Waals surface area contributed by atoms with Crippen molar-refractivity contribution in [3.05, 3.63) is 35.9 Å². The molecule has 1 aromatic rings. The van der Waals surface area contributed by atoms with Crippen molar-refractivity contribution in [2.45, 2.75) is 13.0 Å². The van der Waals surface area contributed by atoms with Crippen LogP contribution >= 0.6 is 11.6 Å². The zero-order chi connectivity index (χ0) is 10.2. The molecule has 0 bridgehead atoms. The van der Waals surface area contributed by atoms with Crippen LogP contribution in [0.4, 0.5) is 0 Å². The van der Waals surface area contributed by atoms with Gasteiger partial charge in [0.2, 0.25) is 5.91 Å². The lowest BCUT2D eigenvalue weighted by Gasteiger charge is -2.04. The first kappa shape index (κ1) is 11.0. The summed E-state index contributed by atoms with van der Waals surface area (Å²) in [6, 6.07) is 9.61. The van der Waals surface area contributed by atoms with Crippen LogP contribution in [0, 0.1) is 0 Å². The molecule has 1 rings (SSSR count). The molecule has 76 valence electrons. The van der Waals surface area contributed by atoms with Gasteiger partial charge in [-0.2, -0.15) is 0 Å². The Morgan fingerprint density at radius 1 is 1.36 bits per heavy atom. The number of halogens is 1. The summed E-state index contributed by atoms with van der Waals surface area (Å²) >= 11 is 5.38. The molecule has 0 heterocycles. The minimum absolute atomic E-state index is 0.198. The average molecular weight is 214 g/mol. The Balaban J connectivity index is 2.19. The second kappa shape index (κ2) is 6.40. The molecule has 0 saturated carbocycles. The third kappa shape index (κ3) is 4.25. The number of carbonyl (C=O) groups is 1. The van der Waals surface area contributed by atoms with E-state index in [1.807, 2.05) is 30.3 Å². The predicted octanol–water partition coefficient (Wildman–Crippen LogP) is 1.86. The van der Waals surface area contributed by atoms with E-state index in [1.54, 1.807) is 0 Å². The average Bonchev–Trinajstić information content (AvgIpc) is 2.20. The molecule has 0 atom stereocenters. The molecular weight excluding hydrogens is 202 g/mol. The van der Waals surface area contributed by atoms with E-state index < -0.39 is 0 Å². The van der Waals surface area contributed by atoms with Gasteiger partial charge in [-0.15, -0.1) is 11.6 Å². The molecule has 0 spiro atoms. The second-order valence-corrected chi connectivity index (χ2v) is 3.12. The number of amides is 1. The number of benzene rings is 1. The van der Waals surface area contributed by atoms with Gasteiger partial charge in [-0.25, -0.2) is 5.48 Å². The lowest BCUT2D eigenvalue weighted by Crippen LogP contribution is -2.23. The van der Waals surface area contributed by atoms with Crippen LogP contribution in [0.15, 0.2) is 30.3 Å². The van der Waals surface area contributed by atoms with Gasteiger partial charge in [-0.05, 0) is 5.56 Å². The third-order valence-electron chi connectivity index (χ3n) is 1.59. The van der Waals surface area contributed by atoms with Gasteiger partial charge in [0.05, 0.1) is 6.61 Å². The lowest BCUT2D eigenvalue weighted by molar-refractivity contribution is -0.134. The maximum Gasteiger partial charge on any atom is 0.244 e. The fraction of sp³-hybridized carbons (Fsp3) is 0.300. The highest BCUT2D eigenvalue weighted by Crippen LogP contribution is 1.98. The van der Waals surface area contributed by atoms with Crippen molar-refractivity contribution in [2.24, 2.45) is 0 Å². The van der Waals surface area contributed by atoms with Gasteiger partial charge in [-0.3, -0.25) is 9.63 Å².